The number of likely N-dealkylation sites (tertiary alicyclic amines) is 1. The van der Waals surface area contributed by atoms with E-state index in [4.69, 9.17) is 5.73 Å². The summed E-state index contributed by atoms with van der Waals surface area (Å²) in [6.45, 7) is 6.86. The molecule has 1 aliphatic heterocycles. The van der Waals surface area contributed by atoms with Gasteiger partial charge in [-0.1, -0.05) is 50.6 Å². The first-order valence-electron chi connectivity index (χ1n) is 8.43. The molecule has 122 valence electrons. The third kappa shape index (κ3) is 4.55. The van der Waals surface area contributed by atoms with Crippen LogP contribution in [0.5, 0.6) is 0 Å². The van der Waals surface area contributed by atoms with Crippen molar-refractivity contribution in [3.05, 3.63) is 35.9 Å². The highest BCUT2D eigenvalue weighted by molar-refractivity contribution is 5.81. The minimum Gasteiger partial charge on any atom is -0.353 e. The molecule has 0 spiro atoms. The van der Waals surface area contributed by atoms with Gasteiger partial charge in [-0.05, 0) is 30.9 Å². The standard InChI is InChI=1S/C18H29N3O/c1-3-14(2)17(19)18(22)20-12-16-10-7-11-21(16)13-15-8-5-4-6-9-15/h4-6,8-9,14,16-17H,3,7,10-13,19H2,1-2H3,(H,20,22). The molecule has 0 radical (unpaired) electrons. The van der Waals surface area contributed by atoms with Gasteiger partial charge in [-0.15, -0.1) is 0 Å². The van der Waals surface area contributed by atoms with Crippen molar-refractivity contribution in [1.82, 2.24) is 10.2 Å². The van der Waals surface area contributed by atoms with E-state index in [-0.39, 0.29) is 11.8 Å². The van der Waals surface area contributed by atoms with Gasteiger partial charge >= 0.3 is 0 Å². The van der Waals surface area contributed by atoms with Gasteiger partial charge in [0, 0.05) is 19.1 Å². The second kappa shape index (κ2) is 8.30. The van der Waals surface area contributed by atoms with Gasteiger partial charge < -0.3 is 11.1 Å². The van der Waals surface area contributed by atoms with Crippen molar-refractivity contribution in [2.24, 2.45) is 11.7 Å². The molecule has 4 nitrogen and oxygen atoms in total. The van der Waals surface area contributed by atoms with Gasteiger partial charge in [0.1, 0.15) is 0 Å². The maximum Gasteiger partial charge on any atom is 0.237 e. The lowest BCUT2D eigenvalue weighted by Gasteiger charge is -2.26. The fourth-order valence-corrected chi connectivity index (χ4v) is 3.00. The van der Waals surface area contributed by atoms with Crippen LogP contribution in [0.4, 0.5) is 0 Å². The molecule has 1 heterocycles. The van der Waals surface area contributed by atoms with Gasteiger partial charge in [-0.3, -0.25) is 9.69 Å². The van der Waals surface area contributed by atoms with E-state index >= 15 is 0 Å². The Morgan fingerprint density at radius 3 is 2.82 bits per heavy atom. The fourth-order valence-electron chi connectivity index (χ4n) is 3.00. The highest BCUT2D eigenvalue weighted by Gasteiger charge is 2.26. The molecule has 1 aromatic rings. The number of amides is 1. The Hall–Kier alpha value is -1.39. The van der Waals surface area contributed by atoms with Crippen LogP contribution < -0.4 is 11.1 Å². The molecule has 0 saturated carbocycles. The van der Waals surface area contributed by atoms with E-state index in [9.17, 15) is 4.79 Å². The van der Waals surface area contributed by atoms with E-state index in [1.54, 1.807) is 0 Å². The number of nitrogens with zero attached hydrogens (tertiary/aromatic N) is 1. The summed E-state index contributed by atoms with van der Waals surface area (Å²) in [7, 11) is 0. The molecule has 2 rings (SSSR count). The average Bonchev–Trinajstić information content (AvgIpc) is 2.99. The van der Waals surface area contributed by atoms with Crippen molar-refractivity contribution < 1.29 is 4.79 Å². The van der Waals surface area contributed by atoms with Crippen LogP contribution in [0.3, 0.4) is 0 Å². The molecule has 0 bridgehead atoms. The van der Waals surface area contributed by atoms with E-state index in [0.29, 0.717) is 12.6 Å². The quantitative estimate of drug-likeness (QED) is 0.811. The first-order valence-corrected chi connectivity index (χ1v) is 8.43. The zero-order chi connectivity index (χ0) is 15.9. The van der Waals surface area contributed by atoms with Crippen LogP contribution in [-0.2, 0) is 11.3 Å². The lowest BCUT2D eigenvalue weighted by molar-refractivity contribution is -0.123. The molecule has 0 aromatic heterocycles. The van der Waals surface area contributed by atoms with Gasteiger partial charge in [0.25, 0.3) is 0 Å². The second-order valence-corrected chi connectivity index (χ2v) is 6.41. The molecule has 1 saturated heterocycles. The normalized spacial score (nSPS) is 21.5. The number of nitrogens with two attached hydrogens (primary N) is 1. The van der Waals surface area contributed by atoms with E-state index < -0.39 is 6.04 Å². The zero-order valence-corrected chi connectivity index (χ0v) is 13.8. The van der Waals surface area contributed by atoms with Crippen molar-refractivity contribution in [2.45, 2.75) is 51.7 Å². The first kappa shape index (κ1) is 17.0. The monoisotopic (exact) mass is 303 g/mol. The molecular weight excluding hydrogens is 274 g/mol. The Bertz CT molecular complexity index is 463. The van der Waals surface area contributed by atoms with Crippen LogP contribution in [-0.4, -0.2) is 36.0 Å². The van der Waals surface area contributed by atoms with Crippen LogP contribution in [0, 0.1) is 5.92 Å². The predicted molar refractivity (Wildman–Crippen MR) is 90.3 cm³/mol. The molecule has 1 aliphatic rings. The summed E-state index contributed by atoms with van der Waals surface area (Å²) >= 11 is 0. The second-order valence-electron chi connectivity index (χ2n) is 6.41. The van der Waals surface area contributed by atoms with Crippen molar-refractivity contribution in [3.63, 3.8) is 0 Å². The maximum absolute atomic E-state index is 12.1. The molecule has 4 heteroatoms. The van der Waals surface area contributed by atoms with E-state index in [0.717, 1.165) is 25.9 Å². The third-order valence-corrected chi connectivity index (χ3v) is 4.80. The van der Waals surface area contributed by atoms with Crippen molar-refractivity contribution in [3.8, 4) is 0 Å². The van der Waals surface area contributed by atoms with Crippen molar-refractivity contribution in [2.75, 3.05) is 13.1 Å². The van der Waals surface area contributed by atoms with Gasteiger partial charge in [-0.2, -0.15) is 0 Å². The number of rotatable bonds is 7. The minimum absolute atomic E-state index is 0.0130. The summed E-state index contributed by atoms with van der Waals surface area (Å²) in [6, 6.07) is 10.5. The number of nitrogens with one attached hydrogen (secondary N) is 1. The number of benzene rings is 1. The summed E-state index contributed by atoms with van der Waals surface area (Å²) in [4.78, 5) is 14.6. The van der Waals surface area contributed by atoms with Crippen LogP contribution in [0.25, 0.3) is 0 Å². The Labute approximate surface area is 134 Å². The summed E-state index contributed by atoms with van der Waals surface area (Å²) in [5.41, 5.74) is 7.32. The van der Waals surface area contributed by atoms with Gasteiger partial charge in [0.05, 0.1) is 6.04 Å². The largest absolute Gasteiger partial charge is 0.353 e. The van der Waals surface area contributed by atoms with Crippen LogP contribution in [0.15, 0.2) is 30.3 Å². The zero-order valence-electron chi connectivity index (χ0n) is 13.8. The highest BCUT2D eigenvalue weighted by Crippen LogP contribution is 2.19. The summed E-state index contributed by atoms with van der Waals surface area (Å²) in [6.07, 6.45) is 3.27. The maximum atomic E-state index is 12.1. The first-order chi connectivity index (χ1) is 10.6. The molecule has 3 unspecified atom stereocenters. The highest BCUT2D eigenvalue weighted by atomic mass is 16.2. The summed E-state index contributed by atoms with van der Waals surface area (Å²) < 4.78 is 0. The van der Waals surface area contributed by atoms with Gasteiger partial charge in [0.2, 0.25) is 5.91 Å². The molecule has 1 amide bonds. The van der Waals surface area contributed by atoms with E-state index in [2.05, 4.69) is 41.4 Å². The Morgan fingerprint density at radius 2 is 2.14 bits per heavy atom. The third-order valence-electron chi connectivity index (χ3n) is 4.80. The summed E-state index contributed by atoms with van der Waals surface area (Å²) in [5, 5.41) is 3.05. The minimum atomic E-state index is -0.394. The number of carbonyl (C=O) groups is 1. The van der Waals surface area contributed by atoms with Crippen LogP contribution >= 0.6 is 0 Å². The molecule has 0 aliphatic carbocycles. The fraction of sp³-hybridized carbons (Fsp3) is 0.611. The lowest BCUT2D eigenvalue weighted by atomic mass is 9.99. The van der Waals surface area contributed by atoms with Crippen molar-refractivity contribution in [1.29, 1.82) is 0 Å². The number of hydrogen-bond acceptors (Lipinski definition) is 3. The summed E-state index contributed by atoms with van der Waals surface area (Å²) in [5.74, 6) is 0.213. The van der Waals surface area contributed by atoms with Crippen LogP contribution in [0.2, 0.25) is 0 Å². The topological polar surface area (TPSA) is 58.4 Å². The smallest absolute Gasteiger partial charge is 0.237 e. The Kier molecular flexibility index (Phi) is 6.40. The van der Waals surface area contributed by atoms with Crippen molar-refractivity contribution >= 4 is 5.91 Å². The average molecular weight is 303 g/mol. The van der Waals surface area contributed by atoms with E-state index in [1.807, 2.05) is 13.0 Å². The SMILES string of the molecule is CCC(C)C(N)C(=O)NCC1CCCN1Cc1ccccc1. The lowest BCUT2D eigenvalue weighted by Crippen LogP contribution is -2.48. The number of carbonyl (C=O) groups excluding carboxylic acids is 1. The van der Waals surface area contributed by atoms with E-state index in [1.165, 1.54) is 12.0 Å². The predicted octanol–water partition coefficient (Wildman–Crippen LogP) is 2.14. The van der Waals surface area contributed by atoms with Crippen LogP contribution in [0.1, 0.15) is 38.7 Å². The van der Waals surface area contributed by atoms with Gasteiger partial charge in [0.15, 0.2) is 0 Å². The number of hydrogen-bond donors (Lipinski definition) is 2. The Balaban J connectivity index is 1.82. The molecule has 22 heavy (non-hydrogen) atoms. The molecule has 1 fully saturated rings. The molecular formula is C18H29N3O. The Morgan fingerprint density at radius 1 is 1.41 bits per heavy atom. The molecule has 3 N–H and O–H groups in total. The molecule has 3 atom stereocenters. The molecule has 1 aromatic carbocycles. The van der Waals surface area contributed by atoms with Gasteiger partial charge in [-0.25, -0.2) is 0 Å².